The molecule has 0 unspecified atom stereocenters. The molecule has 6 nitrogen and oxygen atoms in total. The highest BCUT2D eigenvalue weighted by molar-refractivity contribution is 6.40. The van der Waals surface area contributed by atoms with Gasteiger partial charge in [-0.25, -0.2) is 0 Å². The molecular weight excluding hydrogens is 437 g/mol. The fourth-order valence-corrected chi connectivity index (χ4v) is 4.03. The summed E-state index contributed by atoms with van der Waals surface area (Å²) in [5.74, 6) is -1.01. The maximum Gasteiger partial charge on any atom is 0.451 e. The number of hydrogen-bond donors (Lipinski definition) is 5. The van der Waals surface area contributed by atoms with Gasteiger partial charge in [0.1, 0.15) is 5.54 Å². The maximum atomic E-state index is 11.8. The van der Waals surface area contributed by atoms with E-state index in [9.17, 15) is 9.90 Å². The Bertz CT molecular complexity index is 602. The topological polar surface area (TPSA) is 116 Å². The largest absolute Gasteiger partial charge is 0.480 e. The highest BCUT2D eigenvalue weighted by Crippen LogP contribution is 2.35. The first-order valence-electron chi connectivity index (χ1n) is 9.67. The maximum absolute atomic E-state index is 11.8. The summed E-state index contributed by atoms with van der Waals surface area (Å²) in [4.78, 5) is 11.8. The van der Waals surface area contributed by atoms with Gasteiger partial charge in [-0.15, -0.1) is 24.8 Å². The van der Waals surface area contributed by atoms with Crippen LogP contribution in [0.3, 0.4) is 0 Å². The van der Waals surface area contributed by atoms with E-state index in [-0.39, 0.29) is 37.1 Å². The van der Waals surface area contributed by atoms with E-state index >= 15 is 0 Å². The third-order valence-electron chi connectivity index (χ3n) is 5.66. The van der Waals surface area contributed by atoms with Crippen LogP contribution in [-0.2, 0) is 11.3 Å². The number of carboxylic acid groups (broad SMARTS) is 1. The number of benzene rings is 1. The lowest BCUT2D eigenvalue weighted by atomic mass is 9.71. The molecular formula is C19H32BCl3N2O4. The summed E-state index contributed by atoms with van der Waals surface area (Å²) in [6.45, 7) is 0.767. The van der Waals surface area contributed by atoms with Crippen molar-refractivity contribution in [2.75, 3.05) is 0 Å². The minimum Gasteiger partial charge on any atom is -0.480 e. The van der Waals surface area contributed by atoms with E-state index in [2.05, 4.69) is 5.32 Å². The molecule has 1 aromatic rings. The lowest BCUT2D eigenvalue weighted by molar-refractivity contribution is -0.146. The van der Waals surface area contributed by atoms with Crippen molar-refractivity contribution in [3.63, 3.8) is 0 Å². The highest BCUT2D eigenvalue weighted by Gasteiger charge is 2.43. The Labute approximate surface area is 190 Å². The minimum absolute atomic E-state index is 0. The van der Waals surface area contributed by atoms with Gasteiger partial charge in [0, 0.05) is 17.6 Å². The number of halogens is 3. The quantitative estimate of drug-likeness (QED) is 0.265. The molecule has 0 aliphatic heterocycles. The molecule has 1 aromatic carbocycles. The van der Waals surface area contributed by atoms with E-state index in [0.717, 1.165) is 37.3 Å². The molecule has 1 saturated carbocycles. The molecule has 1 atom stereocenters. The predicted molar refractivity (Wildman–Crippen MR) is 122 cm³/mol. The van der Waals surface area contributed by atoms with Crippen LogP contribution >= 0.6 is 36.4 Å². The second kappa shape index (κ2) is 13.7. The molecule has 0 bridgehead atoms. The molecule has 1 fully saturated rings. The van der Waals surface area contributed by atoms with Crippen LogP contribution in [0.2, 0.25) is 11.3 Å². The van der Waals surface area contributed by atoms with Gasteiger partial charge in [0.15, 0.2) is 0 Å². The number of unbranched alkanes of at least 4 members (excludes halogenated alkanes) is 1. The van der Waals surface area contributed by atoms with Crippen molar-refractivity contribution in [2.24, 2.45) is 11.7 Å². The fourth-order valence-electron chi connectivity index (χ4n) is 3.91. The van der Waals surface area contributed by atoms with Crippen molar-refractivity contribution in [2.45, 2.75) is 69.4 Å². The molecule has 1 aliphatic rings. The third kappa shape index (κ3) is 9.01. The van der Waals surface area contributed by atoms with Crippen molar-refractivity contribution < 1.29 is 19.9 Å². The Morgan fingerprint density at radius 2 is 1.72 bits per heavy atom. The Morgan fingerprint density at radius 3 is 2.24 bits per heavy atom. The molecule has 0 saturated heterocycles. The van der Waals surface area contributed by atoms with Crippen LogP contribution < -0.4 is 11.1 Å². The van der Waals surface area contributed by atoms with Crippen LogP contribution in [0.5, 0.6) is 0 Å². The lowest BCUT2D eigenvalue weighted by Crippen LogP contribution is -2.55. The summed E-state index contributed by atoms with van der Waals surface area (Å²) in [7, 11) is -1.34. The first-order valence-corrected chi connectivity index (χ1v) is 10.1. The van der Waals surface area contributed by atoms with Gasteiger partial charge in [-0.3, -0.25) is 4.79 Å². The third-order valence-corrected chi connectivity index (χ3v) is 5.92. The molecule has 1 aliphatic carbocycles. The van der Waals surface area contributed by atoms with Crippen molar-refractivity contribution in [3.05, 3.63) is 34.9 Å². The zero-order valence-electron chi connectivity index (χ0n) is 16.4. The zero-order valence-corrected chi connectivity index (χ0v) is 18.8. The standard InChI is InChI=1S/C19H30BClN2O4.2ClH/c21-16-7-3-14(4-8-16)13-23-17-9-5-15(6-10-17)19(22,18(24)25)11-1-2-12-20(26)27;;/h3-4,7-8,15,17,23,26-27H,1-2,5-6,9-13,22H2,(H,24,25);2*1H/t15-,17-,19-;;/m0../s1. The van der Waals surface area contributed by atoms with E-state index in [4.69, 9.17) is 27.4 Å². The molecule has 10 heteroatoms. The monoisotopic (exact) mass is 468 g/mol. The second-order valence-electron chi connectivity index (χ2n) is 7.63. The zero-order chi connectivity index (χ0) is 19.9. The van der Waals surface area contributed by atoms with Gasteiger partial charge in [-0.2, -0.15) is 0 Å². The Hall–Kier alpha value is -0.535. The number of carbonyl (C=O) groups is 1. The van der Waals surface area contributed by atoms with Crippen molar-refractivity contribution in [3.8, 4) is 0 Å². The molecule has 29 heavy (non-hydrogen) atoms. The molecule has 0 radical (unpaired) electrons. The van der Waals surface area contributed by atoms with Gasteiger partial charge in [0.2, 0.25) is 0 Å². The summed E-state index contributed by atoms with van der Waals surface area (Å²) in [5, 5.41) is 31.8. The van der Waals surface area contributed by atoms with Crippen molar-refractivity contribution in [1.29, 1.82) is 0 Å². The highest BCUT2D eigenvalue weighted by atomic mass is 35.5. The second-order valence-corrected chi connectivity index (χ2v) is 8.06. The summed E-state index contributed by atoms with van der Waals surface area (Å²) >= 11 is 5.90. The molecule has 2 rings (SSSR count). The van der Waals surface area contributed by atoms with Crippen LogP contribution in [-0.4, -0.2) is 39.8 Å². The van der Waals surface area contributed by atoms with E-state index < -0.39 is 18.6 Å². The van der Waals surface area contributed by atoms with Gasteiger partial charge < -0.3 is 26.2 Å². The predicted octanol–water partition coefficient (Wildman–Crippen LogP) is 3.26. The van der Waals surface area contributed by atoms with Crippen LogP contribution in [0.25, 0.3) is 0 Å². The Balaban J connectivity index is 0.00000392. The van der Waals surface area contributed by atoms with Crippen molar-refractivity contribution in [1.82, 2.24) is 5.32 Å². The molecule has 0 amide bonds. The molecule has 166 valence electrons. The van der Waals surface area contributed by atoms with Crippen LogP contribution in [0.15, 0.2) is 24.3 Å². The van der Waals surface area contributed by atoms with Gasteiger partial charge in [0.05, 0.1) is 0 Å². The van der Waals surface area contributed by atoms with Crippen LogP contribution in [0, 0.1) is 5.92 Å². The van der Waals surface area contributed by atoms with Gasteiger partial charge in [-0.1, -0.05) is 36.6 Å². The molecule has 0 heterocycles. The normalized spacial score (nSPS) is 20.7. The number of nitrogens with two attached hydrogens (primary N) is 1. The van der Waals surface area contributed by atoms with Gasteiger partial charge in [-0.05, 0) is 62.0 Å². The van der Waals surface area contributed by atoms with E-state index in [1.54, 1.807) is 0 Å². The number of carboxylic acids is 1. The number of aliphatic carboxylic acids is 1. The summed E-state index contributed by atoms with van der Waals surface area (Å²) in [5.41, 5.74) is 6.24. The van der Waals surface area contributed by atoms with E-state index in [1.807, 2.05) is 24.3 Å². The molecule has 0 spiro atoms. The van der Waals surface area contributed by atoms with E-state index in [1.165, 1.54) is 5.56 Å². The average molecular weight is 470 g/mol. The van der Waals surface area contributed by atoms with Crippen molar-refractivity contribution >= 4 is 49.5 Å². The van der Waals surface area contributed by atoms with Crippen LogP contribution in [0.1, 0.15) is 50.5 Å². The van der Waals surface area contributed by atoms with Crippen LogP contribution in [0.4, 0.5) is 0 Å². The minimum atomic E-state index is -1.34. The van der Waals surface area contributed by atoms with Gasteiger partial charge >= 0.3 is 13.1 Å². The SMILES string of the molecule is Cl.Cl.N[C@](CCCCB(O)O)(C(=O)O)[C@H]1CC[C@H](NCc2ccc(Cl)cc2)CC1. The Kier molecular flexibility index (Phi) is 13.5. The molecule has 6 N–H and O–H groups in total. The summed E-state index contributed by atoms with van der Waals surface area (Å²) < 4.78 is 0. The first kappa shape index (κ1) is 28.5. The summed E-state index contributed by atoms with van der Waals surface area (Å²) in [6.07, 6.45) is 5.11. The van der Waals surface area contributed by atoms with E-state index in [0.29, 0.717) is 25.3 Å². The first-order chi connectivity index (χ1) is 12.8. The summed E-state index contributed by atoms with van der Waals surface area (Å²) in [6, 6.07) is 8.11. The smallest absolute Gasteiger partial charge is 0.451 e. The fraction of sp³-hybridized carbons (Fsp3) is 0.632. The van der Waals surface area contributed by atoms with Gasteiger partial charge in [0.25, 0.3) is 0 Å². The number of rotatable bonds is 10. The lowest BCUT2D eigenvalue weighted by Gasteiger charge is -2.39. The number of hydrogen-bond acceptors (Lipinski definition) is 5. The molecule has 0 aromatic heterocycles. The average Bonchev–Trinajstić information content (AvgIpc) is 2.64. The number of nitrogens with one attached hydrogen (secondary N) is 1. The Morgan fingerprint density at radius 1 is 1.14 bits per heavy atom.